The van der Waals surface area contributed by atoms with Gasteiger partial charge in [-0.1, -0.05) is 13.8 Å². The van der Waals surface area contributed by atoms with Crippen LogP contribution in [0.5, 0.6) is 0 Å². The minimum Gasteiger partial charge on any atom is -0.354 e. The number of hydrogen-bond donors (Lipinski definition) is 1. The largest absolute Gasteiger partial charge is 0.354 e. The highest BCUT2D eigenvalue weighted by Gasteiger charge is 2.22. The Bertz CT molecular complexity index is 598. The van der Waals surface area contributed by atoms with E-state index in [1.165, 1.54) is 17.6 Å². The molecule has 3 rings (SSSR count). The van der Waals surface area contributed by atoms with Crippen molar-refractivity contribution in [2.24, 2.45) is 0 Å². The average Bonchev–Trinajstić information content (AvgIpc) is 3.00. The van der Waals surface area contributed by atoms with Crippen LogP contribution in [0.1, 0.15) is 26.7 Å². The molecule has 2 aromatic heterocycles. The third-order valence-corrected chi connectivity index (χ3v) is 5.91. The van der Waals surface area contributed by atoms with Gasteiger partial charge in [-0.3, -0.25) is 0 Å². The van der Waals surface area contributed by atoms with Gasteiger partial charge in [0, 0.05) is 30.6 Å². The summed E-state index contributed by atoms with van der Waals surface area (Å²) in [7, 11) is 0. The molecule has 114 valence electrons. The van der Waals surface area contributed by atoms with E-state index in [0.29, 0.717) is 0 Å². The van der Waals surface area contributed by atoms with Crippen molar-refractivity contribution in [3.05, 3.63) is 11.4 Å². The number of aromatic nitrogens is 2. The van der Waals surface area contributed by atoms with Gasteiger partial charge in [-0.2, -0.15) is 16.7 Å². The molecule has 0 bridgehead atoms. The smallest absolute Gasteiger partial charge is 0.226 e. The van der Waals surface area contributed by atoms with Crippen molar-refractivity contribution in [2.45, 2.75) is 31.9 Å². The summed E-state index contributed by atoms with van der Waals surface area (Å²) in [5.74, 6) is 3.07. The zero-order chi connectivity index (χ0) is 14.7. The summed E-state index contributed by atoms with van der Waals surface area (Å²) in [5, 5.41) is 7.36. The Hall–Kier alpha value is -1.01. The van der Waals surface area contributed by atoms with E-state index in [-0.39, 0.29) is 0 Å². The van der Waals surface area contributed by atoms with Crippen LogP contribution in [0.15, 0.2) is 11.4 Å². The Morgan fingerprint density at radius 3 is 3.10 bits per heavy atom. The van der Waals surface area contributed by atoms with Crippen LogP contribution in [0.2, 0.25) is 0 Å². The lowest BCUT2D eigenvalue weighted by Crippen LogP contribution is -2.38. The minimum absolute atomic E-state index is 0.717. The molecule has 4 nitrogen and oxygen atoms in total. The number of thioether (sulfide) groups is 1. The summed E-state index contributed by atoms with van der Waals surface area (Å²) < 4.78 is 0. The molecule has 21 heavy (non-hydrogen) atoms. The maximum atomic E-state index is 4.80. The Kier molecular flexibility index (Phi) is 4.85. The van der Waals surface area contributed by atoms with Gasteiger partial charge in [0.25, 0.3) is 0 Å². The number of rotatable bonds is 5. The van der Waals surface area contributed by atoms with Crippen molar-refractivity contribution >= 4 is 45.1 Å². The van der Waals surface area contributed by atoms with Crippen molar-refractivity contribution < 1.29 is 0 Å². The summed E-state index contributed by atoms with van der Waals surface area (Å²) in [5.41, 5.74) is 0. The number of nitrogens with one attached hydrogen (secondary N) is 1. The van der Waals surface area contributed by atoms with E-state index in [1.54, 1.807) is 11.3 Å². The normalized spacial score (nSPS) is 19.1. The average molecular weight is 323 g/mol. The first-order valence-electron chi connectivity index (χ1n) is 7.67. The minimum atomic E-state index is 0.717. The van der Waals surface area contributed by atoms with Crippen LogP contribution in [0.25, 0.3) is 10.2 Å². The third-order valence-electron chi connectivity index (χ3n) is 3.73. The molecule has 3 heterocycles. The summed E-state index contributed by atoms with van der Waals surface area (Å²) in [6.45, 7) is 7.53. The number of fused-ring (bicyclic) bond motifs is 1. The molecule has 0 aromatic carbocycles. The molecule has 1 N–H and O–H groups in total. The first kappa shape index (κ1) is 14.9. The van der Waals surface area contributed by atoms with Crippen LogP contribution in [0.3, 0.4) is 0 Å². The van der Waals surface area contributed by atoms with E-state index in [0.717, 1.165) is 47.9 Å². The molecule has 0 aliphatic carbocycles. The lowest BCUT2D eigenvalue weighted by atomic mass is 10.2. The number of anilines is 2. The molecule has 1 aliphatic heterocycles. The fraction of sp³-hybridized carbons (Fsp3) is 0.600. The Morgan fingerprint density at radius 1 is 1.38 bits per heavy atom. The second-order valence-corrected chi connectivity index (χ2v) is 7.59. The molecule has 0 radical (unpaired) electrons. The van der Waals surface area contributed by atoms with Crippen molar-refractivity contribution in [3.8, 4) is 0 Å². The topological polar surface area (TPSA) is 41.1 Å². The fourth-order valence-electron chi connectivity index (χ4n) is 2.56. The van der Waals surface area contributed by atoms with E-state index in [2.05, 4.69) is 52.3 Å². The van der Waals surface area contributed by atoms with Gasteiger partial charge < -0.3 is 10.2 Å². The first-order chi connectivity index (χ1) is 10.3. The van der Waals surface area contributed by atoms with Gasteiger partial charge in [-0.15, -0.1) is 11.3 Å². The Morgan fingerprint density at radius 2 is 2.29 bits per heavy atom. The molecule has 0 spiro atoms. The molecular weight excluding hydrogens is 300 g/mol. The molecule has 1 saturated heterocycles. The second kappa shape index (κ2) is 6.83. The van der Waals surface area contributed by atoms with Gasteiger partial charge in [0.05, 0.1) is 5.39 Å². The van der Waals surface area contributed by atoms with Gasteiger partial charge in [0.15, 0.2) is 0 Å². The quantitative estimate of drug-likeness (QED) is 0.905. The van der Waals surface area contributed by atoms with Gasteiger partial charge in [-0.25, -0.2) is 4.98 Å². The van der Waals surface area contributed by atoms with Crippen LogP contribution < -0.4 is 10.2 Å². The summed E-state index contributed by atoms with van der Waals surface area (Å²) in [6, 6.07) is 2.15. The monoisotopic (exact) mass is 322 g/mol. The molecule has 2 aromatic rings. The number of thiophene rings is 1. The van der Waals surface area contributed by atoms with E-state index in [9.17, 15) is 0 Å². The van der Waals surface area contributed by atoms with Gasteiger partial charge in [0.2, 0.25) is 5.95 Å². The van der Waals surface area contributed by atoms with E-state index in [4.69, 9.17) is 4.98 Å². The highest BCUT2D eigenvalue weighted by atomic mass is 32.2. The van der Waals surface area contributed by atoms with Crippen molar-refractivity contribution in [3.63, 3.8) is 0 Å². The molecule has 1 aliphatic rings. The molecule has 6 heteroatoms. The number of nitrogens with zero attached hydrogens (tertiary/aromatic N) is 3. The lowest BCUT2D eigenvalue weighted by molar-refractivity contribution is 0.722. The predicted molar refractivity (Wildman–Crippen MR) is 94.9 cm³/mol. The van der Waals surface area contributed by atoms with Gasteiger partial charge in [-0.05, 0) is 24.3 Å². The molecule has 1 unspecified atom stereocenters. The van der Waals surface area contributed by atoms with Crippen LogP contribution in [-0.2, 0) is 0 Å². The highest BCUT2D eigenvalue weighted by molar-refractivity contribution is 8.00. The van der Waals surface area contributed by atoms with E-state index < -0.39 is 0 Å². The summed E-state index contributed by atoms with van der Waals surface area (Å²) in [6.07, 6.45) is 2.30. The van der Waals surface area contributed by atoms with Crippen LogP contribution >= 0.6 is 23.1 Å². The van der Waals surface area contributed by atoms with Gasteiger partial charge >= 0.3 is 0 Å². The van der Waals surface area contributed by atoms with Crippen molar-refractivity contribution in [1.29, 1.82) is 0 Å². The molecule has 1 atom stereocenters. The maximum Gasteiger partial charge on any atom is 0.226 e. The molecule has 0 amide bonds. The summed E-state index contributed by atoms with van der Waals surface area (Å²) in [4.78, 5) is 13.0. The third kappa shape index (κ3) is 3.26. The number of hydrogen-bond acceptors (Lipinski definition) is 6. The Labute approximate surface area is 134 Å². The summed E-state index contributed by atoms with van der Waals surface area (Å²) >= 11 is 3.79. The van der Waals surface area contributed by atoms with Crippen LogP contribution in [0.4, 0.5) is 11.8 Å². The first-order valence-corrected chi connectivity index (χ1v) is 9.60. The SMILES string of the molecule is CCCNc1nc(N2CCSC(CC)C2)c2ccsc2n1. The fourth-order valence-corrected chi connectivity index (χ4v) is 4.49. The van der Waals surface area contributed by atoms with Crippen molar-refractivity contribution in [2.75, 3.05) is 35.6 Å². The molecular formula is C15H22N4S2. The van der Waals surface area contributed by atoms with Crippen LogP contribution in [0, 0.1) is 0 Å². The maximum absolute atomic E-state index is 4.80. The van der Waals surface area contributed by atoms with E-state index >= 15 is 0 Å². The van der Waals surface area contributed by atoms with E-state index in [1.807, 2.05) is 0 Å². The van der Waals surface area contributed by atoms with Crippen molar-refractivity contribution in [1.82, 2.24) is 9.97 Å². The lowest BCUT2D eigenvalue weighted by Gasteiger charge is -2.33. The van der Waals surface area contributed by atoms with Gasteiger partial charge in [0.1, 0.15) is 10.6 Å². The van der Waals surface area contributed by atoms with Crippen LogP contribution in [-0.4, -0.2) is 40.6 Å². The predicted octanol–water partition coefficient (Wildman–Crippen LogP) is 3.85. The zero-order valence-corrected chi connectivity index (χ0v) is 14.3. The highest BCUT2D eigenvalue weighted by Crippen LogP contribution is 2.32. The standard InChI is InChI=1S/C15H22N4S2/c1-3-6-16-15-17-13(12-5-8-21-14(12)18-15)19-7-9-20-11(4-2)10-19/h5,8,11H,3-4,6-7,9-10H2,1-2H3,(H,16,17,18). The Balaban J connectivity index is 1.93. The molecule has 0 saturated carbocycles. The molecule has 1 fully saturated rings. The second-order valence-electron chi connectivity index (χ2n) is 5.28. The zero-order valence-electron chi connectivity index (χ0n) is 12.6.